The normalized spacial score (nSPS) is 20.8. The summed E-state index contributed by atoms with van der Waals surface area (Å²) in [6.07, 6.45) is 6.22. The molecule has 2 atom stereocenters. The first-order chi connectivity index (χ1) is 19.7. The first-order valence-electron chi connectivity index (χ1n) is 14.0. The number of aromatic nitrogens is 5. The van der Waals surface area contributed by atoms with Crippen LogP contribution in [0.4, 0.5) is 8.78 Å². The molecule has 2 unspecified atom stereocenters. The van der Waals surface area contributed by atoms with Crippen LogP contribution in [0.2, 0.25) is 0 Å². The zero-order valence-electron chi connectivity index (χ0n) is 22.9. The van der Waals surface area contributed by atoms with Crippen LogP contribution in [0.1, 0.15) is 56.2 Å². The summed E-state index contributed by atoms with van der Waals surface area (Å²) in [4.78, 5) is 9.48. The summed E-state index contributed by atoms with van der Waals surface area (Å²) in [5, 5.41) is 22.1. The minimum atomic E-state index is -0.767. The van der Waals surface area contributed by atoms with Gasteiger partial charge in [0.2, 0.25) is 5.89 Å². The van der Waals surface area contributed by atoms with E-state index < -0.39 is 11.4 Å². The fourth-order valence-electron chi connectivity index (χ4n) is 5.86. The molecule has 5 aromatic rings. The Labute approximate surface area is 235 Å². The van der Waals surface area contributed by atoms with Gasteiger partial charge in [-0.1, -0.05) is 6.07 Å². The first-order valence-corrected chi connectivity index (χ1v) is 14.0. The molecule has 0 spiro atoms. The lowest BCUT2D eigenvalue weighted by Crippen LogP contribution is -2.44. The van der Waals surface area contributed by atoms with E-state index in [1.807, 2.05) is 26.1 Å². The maximum atomic E-state index is 15.2. The highest BCUT2D eigenvalue weighted by Gasteiger charge is 2.36. The monoisotopic (exact) mass is 556 g/mol. The van der Waals surface area contributed by atoms with Crippen molar-refractivity contribution in [2.45, 2.75) is 63.1 Å². The zero-order chi connectivity index (χ0) is 28.3. The number of hydrogen-bond donors (Lipinski definition) is 2. The third kappa shape index (κ3) is 4.91. The molecule has 0 saturated heterocycles. The molecule has 3 aromatic heterocycles. The Morgan fingerprint density at radius 2 is 1.93 bits per heavy atom. The molecule has 8 nitrogen and oxygen atoms in total. The van der Waals surface area contributed by atoms with E-state index in [9.17, 15) is 9.50 Å². The quantitative estimate of drug-likeness (QED) is 0.257. The lowest BCUT2D eigenvalue weighted by Gasteiger charge is -2.26. The summed E-state index contributed by atoms with van der Waals surface area (Å²) >= 11 is 0. The van der Waals surface area contributed by atoms with Gasteiger partial charge in [0.15, 0.2) is 17.2 Å². The standard InChI is InChI=1S/C31H30F2N6O2/c1-31(40)9-3-4-27(31)34-15-17-10-23(33)28-25(11-17)37-30(41-28)26-13-19(12-24(36-26)18-5-6-18)21-8-7-20(32)14-22(21)29-38-35-16-39(29)2/h7-8,10-14,16,18,27,34,40H,3-6,9,15H2,1-2H3. The average Bonchev–Trinajstić information content (AvgIpc) is 3.41. The van der Waals surface area contributed by atoms with Crippen LogP contribution in [0.25, 0.3) is 45.2 Å². The minimum Gasteiger partial charge on any atom is -0.432 e. The number of aliphatic hydroxyl groups is 1. The molecule has 0 radical (unpaired) electrons. The third-order valence-corrected chi connectivity index (χ3v) is 8.29. The Hall–Kier alpha value is -4.02. The molecule has 2 fully saturated rings. The summed E-state index contributed by atoms with van der Waals surface area (Å²) in [5.41, 5.74) is 3.98. The molecule has 2 aromatic carbocycles. The molecule has 2 N–H and O–H groups in total. The second-order valence-corrected chi connectivity index (χ2v) is 11.5. The predicted octanol–water partition coefficient (Wildman–Crippen LogP) is 5.90. The number of oxazole rings is 1. The van der Waals surface area contributed by atoms with Gasteiger partial charge < -0.3 is 19.4 Å². The van der Waals surface area contributed by atoms with Crippen molar-refractivity contribution in [3.05, 3.63) is 71.7 Å². The number of pyridine rings is 1. The maximum Gasteiger partial charge on any atom is 0.246 e. The average molecular weight is 557 g/mol. The van der Waals surface area contributed by atoms with Crippen molar-refractivity contribution >= 4 is 11.1 Å². The molecule has 2 aliphatic rings. The largest absolute Gasteiger partial charge is 0.432 e. The van der Waals surface area contributed by atoms with Gasteiger partial charge in [-0.3, -0.25) is 0 Å². The fraction of sp³-hybridized carbons (Fsp3) is 0.355. The molecule has 0 bridgehead atoms. The Bertz CT molecular complexity index is 1770. The molecule has 7 rings (SSSR count). The number of hydrogen-bond acceptors (Lipinski definition) is 7. The molecule has 41 heavy (non-hydrogen) atoms. The van der Waals surface area contributed by atoms with Crippen LogP contribution in [0, 0.1) is 11.6 Å². The molecule has 0 aliphatic heterocycles. The topological polar surface area (TPSA) is 102 Å². The second kappa shape index (κ2) is 9.81. The SMILES string of the molecule is Cn1cnnc1-c1cc(F)ccc1-c1cc(-c2nc3cc(CNC4CCCC4(C)O)cc(F)c3o2)nc(C2CC2)c1. The number of nitrogens with one attached hydrogen (secondary N) is 1. The van der Waals surface area contributed by atoms with Gasteiger partial charge in [0.05, 0.1) is 5.60 Å². The number of aryl methyl sites for hydroxylation is 1. The first kappa shape index (κ1) is 25.9. The number of halogens is 2. The molecular formula is C31H30F2N6O2. The van der Waals surface area contributed by atoms with Crippen LogP contribution in [0.3, 0.4) is 0 Å². The molecule has 2 saturated carbocycles. The van der Waals surface area contributed by atoms with Crippen LogP contribution in [0.15, 0.2) is 53.2 Å². The van der Waals surface area contributed by atoms with Crippen molar-refractivity contribution in [2.24, 2.45) is 7.05 Å². The molecule has 210 valence electrons. The van der Waals surface area contributed by atoms with Gasteiger partial charge in [-0.15, -0.1) is 10.2 Å². The number of benzene rings is 2. The zero-order valence-corrected chi connectivity index (χ0v) is 22.9. The molecule has 3 heterocycles. The van der Waals surface area contributed by atoms with Crippen molar-refractivity contribution in [3.8, 4) is 34.1 Å². The molecule has 0 amide bonds. The number of fused-ring (bicyclic) bond motifs is 1. The highest BCUT2D eigenvalue weighted by Crippen LogP contribution is 2.43. The van der Waals surface area contributed by atoms with Crippen molar-refractivity contribution in [1.82, 2.24) is 30.0 Å². The Morgan fingerprint density at radius 3 is 2.66 bits per heavy atom. The lowest BCUT2D eigenvalue weighted by atomic mass is 9.97. The van der Waals surface area contributed by atoms with Crippen LogP contribution in [-0.2, 0) is 13.6 Å². The van der Waals surface area contributed by atoms with E-state index in [1.165, 1.54) is 18.2 Å². The second-order valence-electron chi connectivity index (χ2n) is 11.5. The van der Waals surface area contributed by atoms with Gasteiger partial charge in [0, 0.05) is 36.8 Å². The summed E-state index contributed by atoms with van der Waals surface area (Å²) in [5.74, 6) is 0.195. The minimum absolute atomic E-state index is 0.0418. The predicted molar refractivity (Wildman–Crippen MR) is 150 cm³/mol. The van der Waals surface area contributed by atoms with E-state index in [-0.39, 0.29) is 23.3 Å². The van der Waals surface area contributed by atoms with E-state index in [1.54, 1.807) is 23.0 Å². The molecular weight excluding hydrogens is 526 g/mol. The Morgan fingerprint density at radius 1 is 1.07 bits per heavy atom. The highest BCUT2D eigenvalue weighted by molar-refractivity contribution is 5.83. The van der Waals surface area contributed by atoms with Gasteiger partial charge in [-0.05, 0) is 92.1 Å². The smallest absolute Gasteiger partial charge is 0.246 e. The van der Waals surface area contributed by atoms with E-state index in [0.29, 0.717) is 35.1 Å². The van der Waals surface area contributed by atoms with Crippen molar-refractivity contribution < 1.29 is 18.3 Å². The van der Waals surface area contributed by atoms with E-state index in [4.69, 9.17) is 9.40 Å². The summed E-state index contributed by atoms with van der Waals surface area (Å²) in [6.45, 7) is 2.25. The van der Waals surface area contributed by atoms with Gasteiger partial charge in [0.1, 0.15) is 23.4 Å². The number of nitrogens with zero attached hydrogens (tertiary/aromatic N) is 5. The van der Waals surface area contributed by atoms with Gasteiger partial charge >= 0.3 is 0 Å². The summed E-state index contributed by atoms with van der Waals surface area (Å²) in [6, 6.07) is 11.7. The van der Waals surface area contributed by atoms with Crippen LogP contribution >= 0.6 is 0 Å². The number of rotatable bonds is 7. The van der Waals surface area contributed by atoms with E-state index in [0.717, 1.165) is 54.5 Å². The van der Waals surface area contributed by atoms with Crippen molar-refractivity contribution in [1.29, 1.82) is 0 Å². The Kier molecular flexibility index (Phi) is 6.20. The van der Waals surface area contributed by atoms with Crippen LogP contribution in [-0.4, -0.2) is 41.5 Å². The van der Waals surface area contributed by atoms with Crippen LogP contribution in [0.5, 0.6) is 0 Å². The lowest BCUT2D eigenvalue weighted by molar-refractivity contribution is 0.0387. The van der Waals surface area contributed by atoms with Gasteiger partial charge in [0.25, 0.3) is 0 Å². The summed E-state index contributed by atoms with van der Waals surface area (Å²) in [7, 11) is 1.81. The third-order valence-electron chi connectivity index (χ3n) is 8.29. The van der Waals surface area contributed by atoms with Gasteiger partial charge in [-0.25, -0.2) is 18.7 Å². The Balaban J connectivity index is 1.27. The van der Waals surface area contributed by atoms with Crippen LogP contribution < -0.4 is 5.32 Å². The fourth-order valence-corrected chi connectivity index (χ4v) is 5.86. The molecule has 2 aliphatic carbocycles. The maximum absolute atomic E-state index is 15.2. The van der Waals surface area contributed by atoms with Gasteiger partial charge in [-0.2, -0.15) is 0 Å². The van der Waals surface area contributed by atoms with E-state index in [2.05, 4.69) is 20.5 Å². The van der Waals surface area contributed by atoms with Crippen molar-refractivity contribution in [3.63, 3.8) is 0 Å². The highest BCUT2D eigenvalue weighted by atomic mass is 19.1. The summed E-state index contributed by atoms with van der Waals surface area (Å²) < 4.78 is 37.2. The molecule has 10 heteroatoms. The van der Waals surface area contributed by atoms with E-state index >= 15 is 4.39 Å². The van der Waals surface area contributed by atoms with Crippen molar-refractivity contribution in [2.75, 3.05) is 0 Å².